The molecule has 0 bridgehead atoms. The van der Waals surface area contributed by atoms with E-state index in [1.165, 1.54) is 0 Å². The summed E-state index contributed by atoms with van der Waals surface area (Å²) in [5.41, 5.74) is 0. The fraction of sp³-hybridized carbons (Fsp3) is 0.900. The van der Waals surface area contributed by atoms with E-state index in [2.05, 4.69) is 20.1 Å². The Kier molecular flexibility index (Phi) is 8.34. The van der Waals surface area contributed by atoms with E-state index >= 15 is 0 Å². The Morgan fingerprint density at radius 2 is 1.62 bits per heavy atom. The summed E-state index contributed by atoms with van der Waals surface area (Å²) in [7, 11) is -3.18. The highest BCUT2D eigenvalue weighted by Gasteiger charge is 2.31. The van der Waals surface area contributed by atoms with E-state index in [1.807, 2.05) is 18.7 Å². The van der Waals surface area contributed by atoms with E-state index < -0.39 is 14.6 Å². The Hall–Kier alpha value is -1.35. The number of nitrogens with one attached hydrogen (secondary N) is 1. The number of carbonyl (C=O) groups excluding carboxylic acids is 1. The number of nitrogens with zero attached hydrogens (tertiary/aromatic N) is 4. The van der Waals surface area contributed by atoms with Crippen LogP contribution in [0, 0.1) is 0 Å². The Bertz CT molecular complexity index is 673. The summed E-state index contributed by atoms with van der Waals surface area (Å²) in [5, 5.41) is 3.28. The van der Waals surface area contributed by atoms with E-state index in [0.717, 1.165) is 64.6 Å². The van der Waals surface area contributed by atoms with Gasteiger partial charge in [-0.15, -0.1) is 0 Å². The Balaban J connectivity index is 1.91. The lowest BCUT2D eigenvalue weighted by molar-refractivity contribution is -0.135. The molecule has 1 amide bonds. The summed E-state index contributed by atoms with van der Waals surface area (Å²) < 4.78 is 23.9. The highest BCUT2D eigenvalue weighted by Crippen LogP contribution is 2.16. The molecule has 2 rings (SSSR count). The molecule has 0 spiro atoms. The minimum absolute atomic E-state index is 0.0483. The highest BCUT2D eigenvalue weighted by atomic mass is 32.2. The average molecular weight is 430 g/mol. The van der Waals surface area contributed by atoms with Gasteiger partial charge in [0, 0.05) is 45.8 Å². The molecule has 2 aliphatic heterocycles. The second-order valence-corrected chi connectivity index (χ2v) is 11.8. The number of sulfone groups is 1. The van der Waals surface area contributed by atoms with Crippen LogP contribution in [0.3, 0.4) is 0 Å². The average Bonchev–Trinajstić information content (AvgIpc) is 3.20. The lowest BCUT2D eigenvalue weighted by Crippen LogP contribution is -2.57. The largest absolute Gasteiger partial charge is 0.357 e. The first kappa shape index (κ1) is 23.9. The molecule has 0 aromatic heterocycles. The molecule has 2 aliphatic rings. The van der Waals surface area contributed by atoms with Gasteiger partial charge in [-0.25, -0.2) is 8.42 Å². The smallest absolute Gasteiger partial charge is 0.239 e. The van der Waals surface area contributed by atoms with Gasteiger partial charge in [0.2, 0.25) is 5.91 Å². The molecule has 2 fully saturated rings. The molecular formula is C20H39N5O3S. The summed E-state index contributed by atoms with van der Waals surface area (Å²) in [5.74, 6) is 1.05. The normalized spacial score (nSPS) is 20.8. The number of hydrogen-bond donors (Lipinski definition) is 1. The molecular weight excluding hydrogens is 390 g/mol. The van der Waals surface area contributed by atoms with Gasteiger partial charge in [-0.2, -0.15) is 0 Å². The number of piperazine rings is 1. The molecule has 29 heavy (non-hydrogen) atoms. The number of rotatable bonds is 6. The topological polar surface area (TPSA) is 85.3 Å². The highest BCUT2D eigenvalue weighted by molar-refractivity contribution is 7.92. The van der Waals surface area contributed by atoms with Crippen LogP contribution in [0.1, 0.15) is 47.5 Å². The van der Waals surface area contributed by atoms with Gasteiger partial charge in [-0.3, -0.25) is 14.7 Å². The molecule has 1 N–H and O–H groups in total. The SMILES string of the molecule is CCNC(=NCCS(=O)(=O)C(C)(C)C)N1CCN(C(C)C(=O)N2CCCC2)CC1. The molecule has 0 aromatic rings. The van der Waals surface area contributed by atoms with Crippen molar-refractivity contribution in [2.24, 2.45) is 4.99 Å². The van der Waals surface area contributed by atoms with Crippen molar-refractivity contribution in [1.29, 1.82) is 0 Å². The van der Waals surface area contributed by atoms with E-state index in [0.29, 0.717) is 0 Å². The number of carbonyl (C=O) groups is 1. The van der Waals surface area contributed by atoms with Crippen LogP contribution in [0.25, 0.3) is 0 Å². The van der Waals surface area contributed by atoms with E-state index in [-0.39, 0.29) is 24.2 Å². The van der Waals surface area contributed by atoms with E-state index in [9.17, 15) is 13.2 Å². The minimum Gasteiger partial charge on any atom is -0.357 e. The van der Waals surface area contributed by atoms with Crippen LogP contribution in [0.4, 0.5) is 0 Å². The minimum atomic E-state index is -3.18. The molecule has 168 valence electrons. The predicted molar refractivity (Wildman–Crippen MR) is 118 cm³/mol. The molecule has 2 saturated heterocycles. The Morgan fingerprint density at radius 3 is 2.14 bits per heavy atom. The first-order valence-electron chi connectivity index (χ1n) is 10.8. The first-order chi connectivity index (χ1) is 13.6. The lowest BCUT2D eigenvalue weighted by atomic mass is 10.2. The van der Waals surface area contributed by atoms with Gasteiger partial charge < -0.3 is 15.1 Å². The summed E-state index contributed by atoms with van der Waals surface area (Å²) in [6.07, 6.45) is 2.22. The summed E-state index contributed by atoms with van der Waals surface area (Å²) >= 11 is 0. The van der Waals surface area contributed by atoms with Crippen LogP contribution in [0.15, 0.2) is 4.99 Å². The van der Waals surface area contributed by atoms with Crippen LogP contribution in [0.2, 0.25) is 0 Å². The summed E-state index contributed by atoms with van der Waals surface area (Å²) in [6, 6.07) is -0.0910. The zero-order chi connectivity index (χ0) is 21.7. The third-order valence-corrected chi connectivity index (χ3v) is 8.41. The molecule has 1 unspecified atom stereocenters. The van der Waals surface area contributed by atoms with Gasteiger partial charge >= 0.3 is 0 Å². The van der Waals surface area contributed by atoms with Crippen molar-refractivity contribution in [2.45, 2.75) is 58.2 Å². The van der Waals surface area contributed by atoms with E-state index in [4.69, 9.17) is 0 Å². The fourth-order valence-corrected chi connectivity index (χ4v) is 4.63. The van der Waals surface area contributed by atoms with Crippen molar-refractivity contribution in [3.63, 3.8) is 0 Å². The Labute approximate surface area is 176 Å². The van der Waals surface area contributed by atoms with Crippen LogP contribution in [0.5, 0.6) is 0 Å². The molecule has 8 nitrogen and oxygen atoms in total. The van der Waals surface area contributed by atoms with Crippen molar-refractivity contribution in [1.82, 2.24) is 20.0 Å². The number of hydrogen-bond acceptors (Lipinski definition) is 5. The zero-order valence-electron chi connectivity index (χ0n) is 18.8. The van der Waals surface area contributed by atoms with E-state index in [1.54, 1.807) is 20.8 Å². The standard InChI is InChI=1S/C20H39N5O3S/c1-6-21-19(22-9-16-29(27,28)20(3,4)5)25-14-12-23(13-15-25)17(2)18(26)24-10-7-8-11-24/h17H,6-16H2,1-5H3,(H,21,22). The second kappa shape index (κ2) is 10.1. The van der Waals surface area contributed by atoms with Crippen molar-refractivity contribution in [3.05, 3.63) is 0 Å². The molecule has 0 aromatic carbocycles. The van der Waals surface area contributed by atoms with Crippen molar-refractivity contribution >= 4 is 21.7 Å². The quantitative estimate of drug-likeness (QED) is 0.496. The Morgan fingerprint density at radius 1 is 1.03 bits per heavy atom. The van der Waals surface area contributed by atoms with Gasteiger partial charge in [0.05, 0.1) is 23.1 Å². The lowest BCUT2D eigenvalue weighted by Gasteiger charge is -2.39. The number of guanidine groups is 1. The predicted octanol–water partition coefficient (Wildman–Crippen LogP) is 0.794. The summed E-state index contributed by atoms with van der Waals surface area (Å²) in [6.45, 7) is 15.1. The maximum absolute atomic E-state index is 12.7. The molecule has 9 heteroatoms. The van der Waals surface area contributed by atoms with Crippen LogP contribution in [-0.2, 0) is 14.6 Å². The third-order valence-electron chi connectivity index (χ3n) is 5.83. The molecule has 0 radical (unpaired) electrons. The van der Waals surface area contributed by atoms with Gasteiger partial charge in [0.1, 0.15) is 0 Å². The van der Waals surface area contributed by atoms with Crippen LogP contribution < -0.4 is 5.32 Å². The zero-order valence-corrected chi connectivity index (χ0v) is 19.6. The van der Waals surface area contributed by atoms with Crippen molar-refractivity contribution < 1.29 is 13.2 Å². The molecule has 2 heterocycles. The summed E-state index contributed by atoms with van der Waals surface area (Å²) in [4.78, 5) is 23.6. The van der Waals surface area contributed by atoms with Crippen molar-refractivity contribution in [2.75, 3.05) is 58.1 Å². The van der Waals surface area contributed by atoms with Gasteiger partial charge in [-0.05, 0) is 47.5 Å². The van der Waals surface area contributed by atoms with Gasteiger partial charge in [0.15, 0.2) is 15.8 Å². The number of likely N-dealkylation sites (tertiary alicyclic amines) is 1. The molecule has 0 aliphatic carbocycles. The van der Waals surface area contributed by atoms with Crippen molar-refractivity contribution in [3.8, 4) is 0 Å². The monoisotopic (exact) mass is 429 g/mol. The number of aliphatic imine (C=N–C) groups is 1. The third kappa shape index (κ3) is 6.31. The van der Waals surface area contributed by atoms with Gasteiger partial charge in [-0.1, -0.05) is 0 Å². The first-order valence-corrected chi connectivity index (χ1v) is 12.5. The maximum atomic E-state index is 12.7. The second-order valence-electron chi connectivity index (χ2n) is 8.90. The van der Waals surface area contributed by atoms with Crippen LogP contribution >= 0.6 is 0 Å². The molecule has 1 atom stereocenters. The fourth-order valence-electron chi connectivity index (χ4n) is 3.68. The van der Waals surface area contributed by atoms with Crippen LogP contribution in [-0.4, -0.2) is 104 Å². The van der Waals surface area contributed by atoms with Gasteiger partial charge in [0.25, 0.3) is 0 Å². The molecule has 0 saturated carbocycles. The number of amides is 1. The maximum Gasteiger partial charge on any atom is 0.239 e.